The summed E-state index contributed by atoms with van der Waals surface area (Å²) >= 11 is 0. The first-order chi connectivity index (χ1) is 14.9. The molecular formula is C28H55NO. The molecule has 0 aromatic heterocycles. The van der Waals surface area contributed by atoms with Gasteiger partial charge in [-0.2, -0.15) is 0 Å². The molecule has 0 fully saturated rings. The second kappa shape index (κ2) is 28.4. The van der Waals surface area contributed by atoms with Gasteiger partial charge in [0.2, 0.25) is 6.08 Å². The number of nitrogens with zero attached hydrogens (tertiary/aromatic N) is 1. The fraction of sp³-hybridized carbons (Fsp3) is 0.964. The summed E-state index contributed by atoms with van der Waals surface area (Å²) in [7, 11) is 0. The van der Waals surface area contributed by atoms with Crippen molar-refractivity contribution in [2.45, 2.75) is 167 Å². The van der Waals surface area contributed by atoms with E-state index in [1.54, 1.807) is 6.08 Å². The fourth-order valence-electron chi connectivity index (χ4n) is 4.38. The summed E-state index contributed by atoms with van der Waals surface area (Å²) in [5, 5.41) is 0. The van der Waals surface area contributed by atoms with Crippen LogP contribution in [-0.2, 0) is 4.79 Å². The molecule has 0 N–H and O–H groups in total. The second-order valence-electron chi connectivity index (χ2n) is 9.46. The molecule has 0 atom stereocenters. The van der Waals surface area contributed by atoms with Crippen LogP contribution in [0.2, 0.25) is 0 Å². The highest BCUT2D eigenvalue weighted by molar-refractivity contribution is 5.32. The van der Waals surface area contributed by atoms with Crippen LogP contribution in [0.3, 0.4) is 0 Å². The summed E-state index contributed by atoms with van der Waals surface area (Å²) in [5.74, 6) is 0. The average molecular weight is 422 g/mol. The van der Waals surface area contributed by atoms with Crippen LogP contribution in [0.4, 0.5) is 0 Å². The summed E-state index contributed by atoms with van der Waals surface area (Å²) in [5.41, 5.74) is 0. The minimum absolute atomic E-state index is 0.669. The molecule has 0 saturated heterocycles. The molecule has 0 aliphatic carbocycles. The van der Waals surface area contributed by atoms with E-state index in [2.05, 4.69) is 11.9 Å². The summed E-state index contributed by atoms with van der Waals surface area (Å²) < 4.78 is 0. The zero-order valence-corrected chi connectivity index (χ0v) is 20.7. The molecule has 0 amide bonds. The molecule has 0 aromatic carbocycles. The molecule has 178 valence electrons. The summed E-state index contributed by atoms with van der Waals surface area (Å²) in [6.07, 6.45) is 37.0. The van der Waals surface area contributed by atoms with Gasteiger partial charge in [0.05, 0.1) is 6.54 Å². The van der Waals surface area contributed by atoms with Crippen molar-refractivity contribution in [1.29, 1.82) is 0 Å². The van der Waals surface area contributed by atoms with Gasteiger partial charge in [0.25, 0.3) is 0 Å². The fourth-order valence-corrected chi connectivity index (χ4v) is 4.38. The summed E-state index contributed by atoms with van der Waals surface area (Å²) in [6.45, 7) is 2.97. The van der Waals surface area contributed by atoms with E-state index >= 15 is 0 Å². The minimum Gasteiger partial charge on any atom is -0.211 e. The van der Waals surface area contributed by atoms with Gasteiger partial charge in [0.1, 0.15) is 0 Å². The van der Waals surface area contributed by atoms with Crippen molar-refractivity contribution in [3.8, 4) is 0 Å². The minimum atomic E-state index is 0.669. The Balaban J connectivity index is 2.99. The molecule has 0 bridgehead atoms. The van der Waals surface area contributed by atoms with Gasteiger partial charge in [0, 0.05) is 0 Å². The predicted octanol–water partition coefficient (Wildman–Crippen LogP) is 10.1. The highest BCUT2D eigenvalue weighted by Crippen LogP contribution is 2.15. The highest BCUT2D eigenvalue weighted by Gasteiger charge is 1.96. The van der Waals surface area contributed by atoms with Crippen molar-refractivity contribution in [3.63, 3.8) is 0 Å². The van der Waals surface area contributed by atoms with Crippen LogP contribution in [0.25, 0.3) is 0 Å². The number of hydrogen-bond acceptors (Lipinski definition) is 2. The first-order valence-electron chi connectivity index (χ1n) is 14.0. The third kappa shape index (κ3) is 27.4. The molecule has 0 aliphatic heterocycles. The maximum Gasteiger partial charge on any atom is 0.234 e. The summed E-state index contributed by atoms with van der Waals surface area (Å²) in [4.78, 5) is 13.5. The normalized spacial score (nSPS) is 11.0. The maximum absolute atomic E-state index is 9.95. The van der Waals surface area contributed by atoms with Crippen LogP contribution in [0.1, 0.15) is 167 Å². The van der Waals surface area contributed by atoms with Crippen LogP contribution in [0, 0.1) is 0 Å². The first-order valence-corrected chi connectivity index (χ1v) is 14.0. The number of rotatable bonds is 26. The Kier molecular flexibility index (Phi) is 27.8. The topological polar surface area (TPSA) is 29.4 Å². The standard InChI is InChI=1S/C28H55NO/c1-2-3-4-5-6-7-8-9-10-11-12-13-14-15-16-17-18-19-20-21-22-23-24-25-26-27-29-28-30/h2-27H2,1H3. The van der Waals surface area contributed by atoms with Crippen molar-refractivity contribution in [1.82, 2.24) is 0 Å². The number of isocyanates is 1. The van der Waals surface area contributed by atoms with E-state index in [0.29, 0.717) is 6.54 Å². The maximum atomic E-state index is 9.95. The Morgan fingerprint density at radius 2 is 0.633 bits per heavy atom. The quantitative estimate of drug-likeness (QED) is 0.0775. The third-order valence-electron chi connectivity index (χ3n) is 6.44. The van der Waals surface area contributed by atoms with Crippen LogP contribution < -0.4 is 0 Å². The van der Waals surface area contributed by atoms with Gasteiger partial charge in [-0.3, -0.25) is 0 Å². The van der Waals surface area contributed by atoms with E-state index in [1.165, 1.54) is 154 Å². The molecule has 0 heterocycles. The average Bonchev–Trinajstić information content (AvgIpc) is 2.76. The lowest BCUT2D eigenvalue weighted by Crippen LogP contribution is -1.85. The van der Waals surface area contributed by atoms with Gasteiger partial charge in [-0.25, -0.2) is 9.79 Å². The molecule has 0 rings (SSSR count). The molecule has 0 saturated carbocycles. The van der Waals surface area contributed by atoms with E-state index in [9.17, 15) is 4.79 Å². The molecule has 0 unspecified atom stereocenters. The number of unbranched alkanes of at least 4 members (excludes halogenated alkanes) is 24. The number of carbonyl (C=O) groups excluding carboxylic acids is 1. The summed E-state index contributed by atoms with van der Waals surface area (Å²) in [6, 6.07) is 0. The largest absolute Gasteiger partial charge is 0.234 e. The van der Waals surface area contributed by atoms with E-state index < -0.39 is 0 Å². The molecule has 0 spiro atoms. The van der Waals surface area contributed by atoms with E-state index in [0.717, 1.165) is 6.42 Å². The molecule has 2 heteroatoms. The van der Waals surface area contributed by atoms with Crippen LogP contribution in [0.15, 0.2) is 4.99 Å². The van der Waals surface area contributed by atoms with Crippen molar-refractivity contribution in [3.05, 3.63) is 0 Å². The Labute approximate surface area is 190 Å². The van der Waals surface area contributed by atoms with Crippen LogP contribution >= 0.6 is 0 Å². The Bertz CT molecular complexity index is 349. The van der Waals surface area contributed by atoms with Gasteiger partial charge in [0.15, 0.2) is 0 Å². The molecule has 2 nitrogen and oxygen atoms in total. The number of aliphatic imine (C=N–C) groups is 1. The second-order valence-corrected chi connectivity index (χ2v) is 9.46. The number of hydrogen-bond donors (Lipinski definition) is 0. The van der Waals surface area contributed by atoms with Crippen molar-refractivity contribution < 1.29 is 4.79 Å². The van der Waals surface area contributed by atoms with Gasteiger partial charge in [-0.15, -0.1) is 0 Å². The van der Waals surface area contributed by atoms with Gasteiger partial charge in [-0.1, -0.05) is 161 Å². The lowest BCUT2D eigenvalue weighted by atomic mass is 10.0. The highest BCUT2D eigenvalue weighted by atomic mass is 16.1. The van der Waals surface area contributed by atoms with Gasteiger partial charge < -0.3 is 0 Å². The lowest BCUT2D eigenvalue weighted by Gasteiger charge is -2.04. The van der Waals surface area contributed by atoms with Gasteiger partial charge in [-0.05, 0) is 6.42 Å². The lowest BCUT2D eigenvalue weighted by molar-refractivity contribution is 0.516. The molecular weight excluding hydrogens is 366 g/mol. The molecule has 0 radical (unpaired) electrons. The van der Waals surface area contributed by atoms with E-state index in [1.807, 2.05) is 0 Å². The van der Waals surface area contributed by atoms with E-state index in [-0.39, 0.29) is 0 Å². The molecule has 0 aliphatic rings. The molecule has 30 heavy (non-hydrogen) atoms. The van der Waals surface area contributed by atoms with Crippen LogP contribution in [0.5, 0.6) is 0 Å². The third-order valence-corrected chi connectivity index (χ3v) is 6.44. The van der Waals surface area contributed by atoms with Crippen molar-refractivity contribution in [2.75, 3.05) is 6.54 Å². The van der Waals surface area contributed by atoms with Crippen LogP contribution in [-0.4, -0.2) is 12.6 Å². The Morgan fingerprint density at radius 1 is 0.400 bits per heavy atom. The van der Waals surface area contributed by atoms with Gasteiger partial charge >= 0.3 is 0 Å². The predicted molar refractivity (Wildman–Crippen MR) is 134 cm³/mol. The van der Waals surface area contributed by atoms with E-state index in [4.69, 9.17) is 0 Å². The zero-order valence-electron chi connectivity index (χ0n) is 20.7. The monoisotopic (exact) mass is 421 g/mol. The Morgan fingerprint density at radius 3 is 0.867 bits per heavy atom. The Hall–Kier alpha value is -0.620. The molecule has 0 aromatic rings. The zero-order chi connectivity index (χ0) is 21.8. The SMILES string of the molecule is CCCCCCCCCCCCCCCCCCCCCCCCCCCN=C=O. The van der Waals surface area contributed by atoms with Crippen molar-refractivity contribution in [2.24, 2.45) is 4.99 Å². The van der Waals surface area contributed by atoms with Crippen molar-refractivity contribution >= 4 is 6.08 Å². The smallest absolute Gasteiger partial charge is 0.211 e. The first kappa shape index (κ1) is 29.4.